The van der Waals surface area contributed by atoms with Gasteiger partial charge in [0.2, 0.25) is 5.91 Å². The van der Waals surface area contributed by atoms with Crippen LogP contribution in [0.1, 0.15) is 55.1 Å². The highest BCUT2D eigenvalue weighted by atomic mass is 16.6. The number of nitriles is 1. The topological polar surface area (TPSA) is 113 Å². The number of carbonyl (C=O) groups excluding carboxylic acids is 3. The number of primary amides is 1. The van der Waals surface area contributed by atoms with Gasteiger partial charge in [0.1, 0.15) is 11.6 Å². The second-order valence-electron chi connectivity index (χ2n) is 6.92. The zero-order valence-corrected chi connectivity index (χ0v) is 14.5. The summed E-state index contributed by atoms with van der Waals surface area (Å²) in [6.07, 6.45) is 0.0436. The van der Waals surface area contributed by atoms with Gasteiger partial charge in [-0.05, 0) is 39.3 Å². The fourth-order valence-corrected chi connectivity index (χ4v) is 2.81. The van der Waals surface area contributed by atoms with Gasteiger partial charge in [-0.1, -0.05) is 6.07 Å². The molecule has 1 aliphatic rings. The lowest BCUT2D eigenvalue weighted by molar-refractivity contribution is -0.155. The Kier molecular flexibility index (Phi) is 5.12. The molecule has 132 valence electrons. The van der Waals surface area contributed by atoms with Crippen molar-refractivity contribution in [1.29, 1.82) is 5.26 Å². The van der Waals surface area contributed by atoms with Crippen molar-refractivity contribution >= 4 is 17.8 Å². The summed E-state index contributed by atoms with van der Waals surface area (Å²) in [6.45, 7) is 5.38. The maximum Gasteiger partial charge on any atom is 0.306 e. The van der Waals surface area contributed by atoms with E-state index in [0.717, 1.165) is 0 Å². The van der Waals surface area contributed by atoms with Crippen LogP contribution in [0.2, 0.25) is 0 Å². The van der Waals surface area contributed by atoms with Gasteiger partial charge in [-0.25, -0.2) is 0 Å². The van der Waals surface area contributed by atoms with E-state index in [1.807, 2.05) is 6.07 Å². The van der Waals surface area contributed by atoms with Crippen LogP contribution in [-0.2, 0) is 20.9 Å². The molecule has 0 fully saturated rings. The monoisotopic (exact) mass is 343 g/mol. The lowest BCUT2D eigenvalue weighted by Gasteiger charge is -2.25. The Bertz CT molecular complexity index is 759. The Balaban J connectivity index is 2.15. The molecule has 1 aromatic rings. The van der Waals surface area contributed by atoms with Crippen molar-refractivity contribution in [2.45, 2.75) is 51.8 Å². The first-order valence-corrected chi connectivity index (χ1v) is 7.98. The van der Waals surface area contributed by atoms with Gasteiger partial charge in [0.25, 0.3) is 5.91 Å². The normalized spacial score (nSPS) is 14.6. The number of rotatable bonds is 5. The highest BCUT2D eigenvalue weighted by molar-refractivity contribution is 6.01. The Morgan fingerprint density at radius 1 is 1.40 bits per heavy atom. The maximum atomic E-state index is 12.6. The summed E-state index contributed by atoms with van der Waals surface area (Å²) >= 11 is 0. The van der Waals surface area contributed by atoms with Crippen molar-refractivity contribution < 1.29 is 19.1 Å². The zero-order chi connectivity index (χ0) is 18.8. The molecule has 7 heteroatoms. The standard InChI is InChI=1S/C18H21N3O4/c1-18(2,3)25-15(22)8-7-14(16(20)23)21-10-13-11(9-19)5-4-6-12(13)17(21)24/h4-6,14H,7-8,10H2,1-3H3,(H2,20,23). The number of carbonyl (C=O) groups is 3. The van der Waals surface area contributed by atoms with Crippen LogP contribution in [0.3, 0.4) is 0 Å². The van der Waals surface area contributed by atoms with Crippen LogP contribution < -0.4 is 5.73 Å². The van der Waals surface area contributed by atoms with Crippen LogP contribution in [-0.4, -0.2) is 34.3 Å². The van der Waals surface area contributed by atoms with Gasteiger partial charge in [-0.3, -0.25) is 14.4 Å². The molecular weight excluding hydrogens is 322 g/mol. The molecule has 0 spiro atoms. The highest BCUT2D eigenvalue weighted by Crippen LogP contribution is 2.28. The molecule has 2 rings (SSSR count). The van der Waals surface area contributed by atoms with Gasteiger partial charge in [0.15, 0.2) is 0 Å². The van der Waals surface area contributed by atoms with Gasteiger partial charge in [0.05, 0.1) is 11.6 Å². The molecule has 0 saturated carbocycles. The molecule has 0 bridgehead atoms. The number of benzene rings is 1. The van der Waals surface area contributed by atoms with Crippen molar-refractivity contribution in [1.82, 2.24) is 4.90 Å². The third kappa shape index (κ3) is 4.15. The van der Waals surface area contributed by atoms with Crippen molar-refractivity contribution in [2.75, 3.05) is 0 Å². The summed E-state index contributed by atoms with van der Waals surface area (Å²) in [5.74, 6) is -1.51. The van der Waals surface area contributed by atoms with Crippen LogP contribution in [0.25, 0.3) is 0 Å². The molecule has 0 aliphatic carbocycles. The third-order valence-electron chi connectivity index (χ3n) is 3.86. The molecule has 2 amide bonds. The fraction of sp³-hybridized carbons (Fsp3) is 0.444. The Morgan fingerprint density at radius 2 is 2.08 bits per heavy atom. The van der Waals surface area contributed by atoms with Gasteiger partial charge < -0.3 is 15.4 Å². The van der Waals surface area contributed by atoms with Gasteiger partial charge in [-0.15, -0.1) is 0 Å². The van der Waals surface area contributed by atoms with Crippen LogP contribution in [0, 0.1) is 11.3 Å². The molecule has 0 aromatic heterocycles. The number of nitrogens with two attached hydrogens (primary N) is 1. The molecule has 1 aromatic carbocycles. The molecule has 1 unspecified atom stereocenters. The minimum absolute atomic E-state index is 0.0316. The lowest BCUT2D eigenvalue weighted by atomic mass is 10.0. The number of ether oxygens (including phenoxy) is 1. The minimum atomic E-state index is -0.932. The van der Waals surface area contributed by atoms with Crippen molar-refractivity contribution in [3.05, 3.63) is 34.9 Å². The van der Waals surface area contributed by atoms with E-state index in [2.05, 4.69) is 0 Å². The fourth-order valence-electron chi connectivity index (χ4n) is 2.81. The van der Waals surface area contributed by atoms with Crippen LogP contribution in [0.5, 0.6) is 0 Å². The Hall–Kier alpha value is -2.88. The molecule has 2 N–H and O–H groups in total. The SMILES string of the molecule is CC(C)(C)OC(=O)CCC(C(N)=O)N1Cc2c(C#N)cccc2C1=O. The summed E-state index contributed by atoms with van der Waals surface area (Å²) in [6, 6.07) is 5.97. The van der Waals surface area contributed by atoms with E-state index in [1.54, 1.807) is 39.0 Å². The van der Waals surface area contributed by atoms with Crippen molar-refractivity contribution in [3.8, 4) is 6.07 Å². The highest BCUT2D eigenvalue weighted by Gasteiger charge is 2.37. The summed E-state index contributed by atoms with van der Waals surface area (Å²) < 4.78 is 5.22. The van der Waals surface area contributed by atoms with Crippen LogP contribution >= 0.6 is 0 Å². The number of amides is 2. The number of nitrogens with zero attached hydrogens (tertiary/aromatic N) is 2. The molecule has 1 aliphatic heterocycles. The zero-order valence-electron chi connectivity index (χ0n) is 14.5. The Morgan fingerprint density at radius 3 is 2.64 bits per heavy atom. The van der Waals surface area contributed by atoms with E-state index in [1.165, 1.54) is 4.90 Å². The third-order valence-corrected chi connectivity index (χ3v) is 3.86. The molecule has 1 heterocycles. The summed E-state index contributed by atoms with van der Waals surface area (Å²) in [7, 11) is 0. The van der Waals surface area contributed by atoms with Crippen molar-refractivity contribution in [2.24, 2.45) is 5.73 Å². The molecule has 25 heavy (non-hydrogen) atoms. The van der Waals surface area contributed by atoms with Gasteiger partial charge in [-0.2, -0.15) is 5.26 Å². The minimum Gasteiger partial charge on any atom is -0.460 e. The lowest BCUT2D eigenvalue weighted by Crippen LogP contribution is -2.45. The average Bonchev–Trinajstić information content (AvgIpc) is 2.83. The number of hydrogen-bond acceptors (Lipinski definition) is 5. The number of fused-ring (bicyclic) bond motifs is 1. The average molecular weight is 343 g/mol. The van der Waals surface area contributed by atoms with E-state index in [-0.39, 0.29) is 25.3 Å². The van der Waals surface area contributed by atoms with Gasteiger partial charge >= 0.3 is 5.97 Å². The predicted molar refractivity (Wildman–Crippen MR) is 89.1 cm³/mol. The second kappa shape index (κ2) is 6.93. The molecule has 0 radical (unpaired) electrons. The summed E-state index contributed by atoms with van der Waals surface area (Å²) in [5, 5.41) is 9.17. The molecule has 0 saturated heterocycles. The largest absolute Gasteiger partial charge is 0.460 e. The van der Waals surface area contributed by atoms with Crippen LogP contribution in [0.15, 0.2) is 18.2 Å². The first-order chi connectivity index (χ1) is 11.6. The van der Waals surface area contributed by atoms with Crippen molar-refractivity contribution in [3.63, 3.8) is 0 Å². The summed E-state index contributed by atoms with van der Waals surface area (Å²) in [5.41, 5.74) is 6.19. The van der Waals surface area contributed by atoms with Gasteiger partial charge in [0, 0.05) is 24.1 Å². The smallest absolute Gasteiger partial charge is 0.306 e. The molecule has 1 atom stereocenters. The van der Waals surface area contributed by atoms with E-state index in [4.69, 9.17) is 10.5 Å². The molecular formula is C18H21N3O4. The predicted octanol–water partition coefficient (Wildman–Crippen LogP) is 1.49. The number of esters is 1. The van der Waals surface area contributed by atoms with E-state index in [9.17, 15) is 19.6 Å². The Labute approximate surface area is 146 Å². The van der Waals surface area contributed by atoms with E-state index in [0.29, 0.717) is 16.7 Å². The first kappa shape index (κ1) is 18.5. The first-order valence-electron chi connectivity index (χ1n) is 7.98. The van der Waals surface area contributed by atoms with Crippen LogP contribution in [0.4, 0.5) is 0 Å². The van der Waals surface area contributed by atoms with E-state index >= 15 is 0 Å². The quantitative estimate of drug-likeness (QED) is 0.814. The maximum absolute atomic E-state index is 12.6. The summed E-state index contributed by atoms with van der Waals surface area (Å²) in [4.78, 5) is 37.6. The van der Waals surface area contributed by atoms with E-state index < -0.39 is 23.5 Å². The second-order valence-corrected chi connectivity index (χ2v) is 6.92. The number of hydrogen-bond donors (Lipinski definition) is 1. The molecule has 7 nitrogen and oxygen atoms in total.